The van der Waals surface area contributed by atoms with Crippen LogP contribution in [0.2, 0.25) is 0 Å². The quantitative estimate of drug-likeness (QED) is 0.780. The lowest BCUT2D eigenvalue weighted by Gasteiger charge is -2.29. The fraction of sp³-hybridized carbons (Fsp3) is 0.529. The van der Waals surface area contributed by atoms with Gasteiger partial charge in [0.2, 0.25) is 21.8 Å². The molecule has 8 heteroatoms. The normalized spacial score (nSPS) is 14.4. The van der Waals surface area contributed by atoms with Gasteiger partial charge in [0.25, 0.3) is 0 Å². The van der Waals surface area contributed by atoms with Gasteiger partial charge in [-0.1, -0.05) is 6.92 Å². The zero-order valence-corrected chi connectivity index (χ0v) is 16.0. The Bertz CT molecular complexity index is 774. The minimum Gasteiger partial charge on any atom is -0.348 e. The van der Waals surface area contributed by atoms with Gasteiger partial charge in [0.1, 0.15) is 0 Å². The highest BCUT2D eigenvalue weighted by atomic mass is 32.2. The Morgan fingerprint density at radius 2 is 1.92 bits per heavy atom. The van der Waals surface area contributed by atoms with Crippen molar-refractivity contribution in [2.45, 2.75) is 31.6 Å². The second kappa shape index (κ2) is 7.53. The number of likely N-dealkylation sites (N-methyl/N-ethyl adjacent to an activating group) is 2. The molecule has 0 spiro atoms. The summed E-state index contributed by atoms with van der Waals surface area (Å²) in [4.78, 5) is 26.9. The number of hydrogen-bond acceptors (Lipinski definition) is 4. The van der Waals surface area contributed by atoms with E-state index in [2.05, 4.69) is 0 Å². The van der Waals surface area contributed by atoms with Crippen LogP contribution in [-0.2, 0) is 26.0 Å². The molecule has 1 aliphatic heterocycles. The number of fused-ring (bicyclic) bond motifs is 1. The predicted molar refractivity (Wildman–Crippen MR) is 95.9 cm³/mol. The number of carbonyl (C=O) groups excluding carboxylic acids is 2. The number of nitrogens with zero attached hydrogens (tertiary/aromatic N) is 3. The van der Waals surface area contributed by atoms with Crippen LogP contribution in [0.5, 0.6) is 0 Å². The third kappa shape index (κ3) is 4.01. The molecule has 0 aromatic heterocycles. The molecule has 0 N–H and O–H groups in total. The summed E-state index contributed by atoms with van der Waals surface area (Å²) in [7, 11) is -0.578. The van der Waals surface area contributed by atoms with Gasteiger partial charge in [-0.25, -0.2) is 8.42 Å². The minimum absolute atomic E-state index is 0.0525. The summed E-state index contributed by atoms with van der Waals surface area (Å²) in [5, 5.41) is 0. The monoisotopic (exact) mass is 367 g/mol. The van der Waals surface area contributed by atoms with Crippen LogP contribution in [0.1, 0.15) is 25.8 Å². The molecule has 2 amide bonds. The molecule has 0 bridgehead atoms. The van der Waals surface area contributed by atoms with Crippen molar-refractivity contribution in [3.05, 3.63) is 23.8 Å². The molecular weight excluding hydrogens is 342 g/mol. The summed E-state index contributed by atoms with van der Waals surface area (Å²) in [6.45, 7) is 3.87. The average Bonchev–Trinajstić information content (AvgIpc) is 2.57. The van der Waals surface area contributed by atoms with E-state index in [1.54, 1.807) is 38.1 Å². The predicted octanol–water partition coefficient (Wildman–Crippen LogP) is 1.08. The molecule has 0 aliphatic carbocycles. The molecule has 138 valence electrons. The molecule has 0 fully saturated rings. The molecular formula is C17H25N3O4S. The number of amides is 2. The molecule has 1 aromatic rings. The first-order valence-corrected chi connectivity index (χ1v) is 9.73. The van der Waals surface area contributed by atoms with E-state index < -0.39 is 10.0 Å². The Kier molecular flexibility index (Phi) is 5.84. The van der Waals surface area contributed by atoms with Gasteiger partial charge in [-0.15, -0.1) is 0 Å². The molecule has 1 heterocycles. The molecule has 1 aliphatic rings. The van der Waals surface area contributed by atoms with Crippen molar-refractivity contribution >= 4 is 27.5 Å². The van der Waals surface area contributed by atoms with Gasteiger partial charge in [0.05, 0.1) is 11.4 Å². The van der Waals surface area contributed by atoms with Gasteiger partial charge in [-0.2, -0.15) is 4.31 Å². The highest BCUT2D eigenvalue weighted by Crippen LogP contribution is 2.30. The first kappa shape index (κ1) is 19.4. The van der Waals surface area contributed by atoms with E-state index in [4.69, 9.17) is 0 Å². The fourth-order valence-electron chi connectivity index (χ4n) is 2.87. The van der Waals surface area contributed by atoms with E-state index in [0.717, 1.165) is 24.1 Å². The van der Waals surface area contributed by atoms with Crippen LogP contribution in [0.3, 0.4) is 0 Å². The number of anilines is 1. The van der Waals surface area contributed by atoms with Crippen LogP contribution in [0.15, 0.2) is 23.1 Å². The Labute approximate surface area is 149 Å². The second-order valence-electron chi connectivity index (χ2n) is 6.28. The highest BCUT2D eigenvalue weighted by Gasteiger charge is 2.28. The van der Waals surface area contributed by atoms with Crippen LogP contribution in [-0.4, -0.2) is 63.2 Å². The number of sulfonamides is 1. The maximum atomic E-state index is 12.9. The third-order valence-electron chi connectivity index (χ3n) is 4.35. The second-order valence-corrected chi connectivity index (χ2v) is 8.22. The Hall–Kier alpha value is -1.93. The van der Waals surface area contributed by atoms with Crippen LogP contribution >= 0.6 is 0 Å². The average molecular weight is 367 g/mol. The van der Waals surface area contributed by atoms with E-state index in [-0.39, 0.29) is 29.8 Å². The maximum absolute atomic E-state index is 12.9. The summed E-state index contributed by atoms with van der Waals surface area (Å²) < 4.78 is 27.0. The van der Waals surface area contributed by atoms with Gasteiger partial charge in [0, 0.05) is 39.8 Å². The third-order valence-corrected chi connectivity index (χ3v) is 6.27. The van der Waals surface area contributed by atoms with Crippen LogP contribution in [0.25, 0.3) is 0 Å². The number of aryl methyl sites for hydroxylation is 1. The summed E-state index contributed by atoms with van der Waals surface area (Å²) in [6.07, 6.45) is 1.53. The summed E-state index contributed by atoms with van der Waals surface area (Å²) in [5.41, 5.74) is 1.61. The summed E-state index contributed by atoms with van der Waals surface area (Å²) in [6, 6.07) is 4.82. The number of carbonyl (C=O) groups is 2. The first-order chi connectivity index (χ1) is 11.7. The van der Waals surface area contributed by atoms with Crippen molar-refractivity contribution in [2.24, 2.45) is 0 Å². The standard InChI is InChI=1S/C17H25N3O4S/c1-5-19(12-17(22)18(3)4)25(23,24)15-8-9-16-14(11-15)7-6-10-20(16)13(2)21/h8-9,11H,5-7,10,12H2,1-4H3. The Morgan fingerprint density at radius 3 is 2.48 bits per heavy atom. The lowest BCUT2D eigenvalue weighted by Crippen LogP contribution is -2.40. The van der Waals surface area contributed by atoms with Gasteiger partial charge in [-0.3, -0.25) is 9.59 Å². The smallest absolute Gasteiger partial charge is 0.243 e. The van der Waals surface area contributed by atoms with Gasteiger partial charge in [-0.05, 0) is 36.6 Å². The molecule has 25 heavy (non-hydrogen) atoms. The number of hydrogen-bond donors (Lipinski definition) is 0. The van der Waals surface area contributed by atoms with Crippen LogP contribution in [0.4, 0.5) is 5.69 Å². The molecule has 0 atom stereocenters. The topological polar surface area (TPSA) is 78.0 Å². The zero-order chi connectivity index (χ0) is 18.8. The SMILES string of the molecule is CCN(CC(=O)N(C)C)S(=O)(=O)c1ccc2c(c1)CCCN2C(C)=O. The highest BCUT2D eigenvalue weighted by molar-refractivity contribution is 7.89. The van der Waals surface area contributed by atoms with Crippen LogP contribution in [0, 0.1) is 0 Å². The van der Waals surface area contributed by atoms with Crippen molar-refractivity contribution in [2.75, 3.05) is 38.6 Å². The number of rotatable bonds is 5. The van der Waals surface area contributed by atoms with E-state index in [0.29, 0.717) is 6.54 Å². The summed E-state index contributed by atoms with van der Waals surface area (Å²) >= 11 is 0. The van der Waals surface area contributed by atoms with Crippen LogP contribution < -0.4 is 4.90 Å². The van der Waals surface area contributed by atoms with Crippen molar-refractivity contribution in [1.82, 2.24) is 9.21 Å². The molecule has 0 saturated heterocycles. The minimum atomic E-state index is -3.77. The Balaban J connectivity index is 2.36. The lowest BCUT2D eigenvalue weighted by atomic mass is 10.0. The number of benzene rings is 1. The molecule has 0 saturated carbocycles. The molecule has 7 nitrogen and oxygen atoms in total. The molecule has 0 radical (unpaired) electrons. The fourth-order valence-corrected chi connectivity index (χ4v) is 4.32. The first-order valence-electron chi connectivity index (χ1n) is 8.29. The molecule has 0 unspecified atom stereocenters. The van der Waals surface area contributed by atoms with E-state index in [1.165, 1.54) is 22.2 Å². The van der Waals surface area contributed by atoms with Gasteiger partial charge in [0.15, 0.2) is 0 Å². The Morgan fingerprint density at radius 1 is 1.24 bits per heavy atom. The van der Waals surface area contributed by atoms with Crippen molar-refractivity contribution < 1.29 is 18.0 Å². The van der Waals surface area contributed by atoms with E-state index in [9.17, 15) is 18.0 Å². The maximum Gasteiger partial charge on any atom is 0.243 e. The van der Waals surface area contributed by atoms with E-state index in [1.807, 2.05) is 0 Å². The van der Waals surface area contributed by atoms with Gasteiger partial charge >= 0.3 is 0 Å². The van der Waals surface area contributed by atoms with E-state index >= 15 is 0 Å². The molecule has 1 aromatic carbocycles. The lowest BCUT2D eigenvalue weighted by molar-refractivity contribution is -0.128. The summed E-state index contributed by atoms with van der Waals surface area (Å²) in [5.74, 6) is -0.325. The van der Waals surface area contributed by atoms with Gasteiger partial charge < -0.3 is 9.80 Å². The van der Waals surface area contributed by atoms with Crippen molar-refractivity contribution in [3.63, 3.8) is 0 Å². The largest absolute Gasteiger partial charge is 0.348 e. The molecule has 2 rings (SSSR count). The van der Waals surface area contributed by atoms with Crippen molar-refractivity contribution in [3.8, 4) is 0 Å². The van der Waals surface area contributed by atoms with Crippen molar-refractivity contribution in [1.29, 1.82) is 0 Å². The zero-order valence-electron chi connectivity index (χ0n) is 15.2.